The molecule has 0 bridgehead atoms. The van der Waals surface area contributed by atoms with Crippen molar-refractivity contribution in [2.75, 3.05) is 0 Å². The second kappa shape index (κ2) is 8.33. The van der Waals surface area contributed by atoms with Crippen molar-refractivity contribution >= 4 is 23.6 Å². The molecule has 0 saturated carbocycles. The molecular weight excluding hydrogens is 481 g/mol. The Hall–Kier alpha value is -3.47. The zero-order valence-electron chi connectivity index (χ0n) is 18.4. The highest BCUT2D eigenvalue weighted by Gasteiger charge is 2.60. The Labute approximate surface area is 198 Å². The van der Waals surface area contributed by atoms with Crippen molar-refractivity contribution in [1.82, 2.24) is 5.06 Å². The van der Waals surface area contributed by atoms with Gasteiger partial charge in [-0.05, 0) is 19.8 Å². The maximum Gasteiger partial charge on any atom is 0.247 e. The van der Waals surface area contributed by atoms with Crippen molar-refractivity contribution in [3.05, 3.63) is 95.1 Å². The van der Waals surface area contributed by atoms with Crippen LogP contribution in [-0.2, 0) is 9.40 Å². The molecule has 2 atom stereocenters. The highest BCUT2D eigenvalue weighted by atomic mass is 31.2. The van der Waals surface area contributed by atoms with Gasteiger partial charge < -0.3 is 9.40 Å². The Morgan fingerprint density at radius 2 is 1.51 bits per heavy atom. The lowest BCUT2D eigenvalue weighted by atomic mass is 10.1. The fourth-order valence-electron chi connectivity index (χ4n) is 4.80. The summed E-state index contributed by atoms with van der Waals surface area (Å²) in [4.78, 5) is 10.1. The summed E-state index contributed by atoms with van der Waals surface area (Å²) in [5.41, 5.74) is -1.97. The summed E-state index contributed by atoms with van der Waals surface area (Å²) in [6.45, 7) is 1.74. The van der Waals surface area contributed by atoms with Crippen molar-refractivity contribution in [3.63, 3.8) is 0 Å². The number of hydroxylamine groups is 2. The minimum Gasteiger partial charge on any atom is -0.382 e. The van der Waals surface area contributed by atoms with Crippen LogP contribution >= 0.6 is 7.14 Å². The lowest BCUT2D eigenvalue weighted by Gasteiger charge is -2.40. The molecule has 0 radical (unpaired) electrons. The van der Waals surface area contributed by atoms with E-state index in [0.717, 1.165) is 0 Å². The summed E-state index contributed by atoms with van der Waals surface area (Å²) >= 11 is 0. The van der Waals surface area contributed by atoms with Crippen LogP contribution in [0.3, 0.4) is 0 Å². The van der Waals surface area contributed by atoms with Crippen molar-refractivity contribution < 1.29 is 27.0 Å². The van der Waals surface area contributed by atoms with Crippen molar-refractivity contribution in [2.24, 2.45) is 4.99 Å². The normalized spacial score (nSPS) is 21.8. The van der Waals surface area contributed by atoms with Crippen LogP contribution in [0.4, 0.5) is 17.6 Å². The number of hydrogen-bond acceptors (Lipinski definition) is 5. The molecule has 5 nitrogen and oxygen atoms in total. The van der Waals surface area contributed by atoms with E-state index in [0.29, 0.717) is 23.5 Å². The van der Waals surface area contributed by atoms with E-state index in [-0.39, 0.29) is 0 Å². The van der Waals surface area contributed by atoms with E-state index in [1.165, 1.54) is 11.1 Å². The van der Waals surface area contributed by atoms with Gasteiger partial charge in [-0.15, -0.1) is 5.06 Å². The van der Waals surface area contributed by atoms with Gasteiger partial charge in [0, 0.05) is 10.6 Å². The minimum atomic E-state index is -3.47. The molecule has 10 heteroatoms. The largest absolute Gasteiger partial charge is 0.382 e. The number of rotatable bonds is 4. The van der Waals surface area contributed by atoms with Gasteiger partial charge in [-0.2, -0.15) is 5.26 Å². The predicted octanol–water partition coefficient (Wildman–Crippen LogP) is 4.96. The first-order chi connectivity index (χ1) is 16.7. The van der Waals surface area contributed by atoms with Gasteiger partial charge in [0.2, 0.25) is 5.90 Å². The van der Waals surface area contributed by atoms with Crippen LogP contribution in [0.25, 0.3) is 0 Å². The number of nitrogens with zero attached hydrogens (tertiary/aromatic N) is 3. The molecule has 3 aromatic carbocycles. The molecule has 0 aliphatic carbocycles. The van der Waals surface area contributed by atoms with Crippen molar-refractivity contribution in [2.45, 2.75) is 31.2 Å². The first kappa shape index (κ1) is 23.3. The van der Waals surface area contributed by atoms with Gasteiger partial charge in [-0.25, -0.2) is 22.6 Å². The molecule has 0 amide bonds. The number of nitriles is 1. The molecule has 3 aromatic rings. The molecular formula is C25H18F4N3O2P. The quantitative estimate of drug-likeness (QED) is 0.220. The van der Waals surface area contributed by atoms with Crippen LogP contribution in [0.15, 0.2) is 65.7 Å². The summed E-state index contributed by atoms with van der Waals surface area (Å²) in [6, 6.07) is 19.1. The van der Waals surface area contributed by atoms with E-state index in [1.54, 1.807) is 67.6 Å². The van der Waals surface area contributed by atoms with Crippen LogP contribution in [0, 0.1) is 34.6 Å². The molecule has 2 unspecified atom stereocenters. The molecule has 2 aliphatic heterocycles. The zero-order chi connectivity index (χ0) is 25.0. The number of hydrogen-bond donors (Lipinski definition) is 0. The first-order valence-corrected chi connectivity index (χ1v) is 12.5. The summed E-state index contributed by atoms with van der Waals surface area (Å²) < 4.78 is 71.7. The number of fused-ring (bicyclic) bond motifs is 1. The Balaban J connectivity index is 1.63. The van der Waals surface area contributed by atoms with Crippen LogP contribution in [0.1, 0.15) is 30.9 Å². The van der Waals surface area contributed by atoms with E-state index >= 15 is 4.57 Å². The fourth-order valence-corrected chi connectivity index (χ4v) is 8.29. The van der Waals surface area contributed by atoms with E-state index < -0.39 is 58.9 Å². The molecule has 1 saturated heterocycles. The van der Waals surface area contributed by atoms with Crippen molar-refractivity contribution in [1.29, 1.82) is 5.26 Å². The molecule has 2 aliphatic rings. The summed E-state index contributed by atoms with van der Waals surface area (Å²) in [5, 5.41) is 10.6. The second-order valence-corrected chi connectivity index (χ2v) is 11.7. The third kappa shape index (κ3) is 3.24. The Morgan fingerprint density at radius 3 is 2.06 bits per heavy atom. The molecule has 35 heavy (non-hydrogen) atoms. The van der Waals surface area contributed by atoms with Crippen LogP contribution < -0.4 is 10.6 Å². The predicted molar refractivity (Wildman–Crippen MR) is 122 cm³/mol. The van der Waals surface area contributed by atoms with Gasteiger partial charge in [-0.1, -0.05) is 60.7 Å². The monoisotopic (exact) mass is 499 g/mol. The maximum absolute atomic E-state index is 15.0. The Bertz CT molecular complexity index is 1400. The molecule has 178 valence electrons. The van der Waals surface area contributed by atoms with Gasteiger partial charge in [0.15, 0.2) is 30.4 Å². The number of benzene rings is 3. The first-order valence-electron chi connectivity index (χ1n) is 10.8. The third-order valence-electron chi connectivity index (χ3n) is 6.58. The zero-order valence-corrected chi connectivity index (χ0v) is 19.3. The lowest BCUT2D eigenvalue weighted by Crippen LogP contribution is -2.47. The average Bonchev–Trinajstić information content (AvgIpc) is 3.45. The molecule has 1 fully saturated rings. The second-order valence-electron chi connectivity index (χ2n) is 8.49. The van der Waals surface area contributed by atoms with Crippen LogP contribution in [-0.4, -0.2) is 22.4 Å². The average molecular weight is 499 g/mol. The minimum absolute atomic E-state index is 0.347. The lowest BCUT2D eigenvalue weighted by molar-refractivity contribution is -0.102. The van der Waals surface area contributed by atoms with Gasteiger partial charge in [0.05, 0.1) is 5.56 Å². The smallest absolute Gasteiger partial charge is 0.247 e. The highest BCUT2D eigenvalue weighted by molar-refractivity contribution is 7.80. The van der Waals surface area contributed by atoms with E-state index in [9.17, 15) is 22.8 Å². The van der Waals surface area contributed by atoms with Crippen LogP contribution in [0.2, 0.25) is 0 Å². The Kier molecular flexibility index (Phi) is 5.54. The standard InChI is InChI=1S/C25H18F4N3O2P/c1-25(35(33,15-8-4-2-5-9-15)16-10-6-3-7-11-16)13-12-18-31-24(34-32(18)25)19-17(14-30)20(26)22(28)23(29)21(19)27/h2-11,18H,12-13H2,1H3. The van der Waals surface area contributed by atoms with Gasteiger partial charge in [0.25, 0.3) is 0 Å². The third-order valence-corrected chi connectivity index (χ3v) is 10.4. The topological polar surface area (TPSA) is 65.7 Å². The van der Waals surface area contributed by atoms with Gasteiger partial charge in [-0.3, -0.25) is 0 Å². The summed E-state index contributed by atoms with van der Waals surface area (Å²) in [7, 11) is -3.47. The summed E-state index contributed by atoms with van der Waals surface area (Å²) in [6.07, 6.45) is -0.0213. The molecule has 0 aromatic heterocycles. The van der Waals surface area contributed by atoms with E-state index in [2.05, 4.69) is 4.99 Å². The fraction of sp³-hybridized carbons (Fsp3) is 0.200. The highest BCUT2D eigenvalue weighted by Crippen LogP contribution is 2.63. The number of aliphatic imine (C=N–C) groups is 1. The molecule has 5 rings (SSSR count). The molecule has 2 heterocycles. The van der Waals surface area contributed by atoms with Gasteiger partial charge >= 0.3 is 0 Å². The number of halogens is 4. The van der Waals surface area contributed by atoms with E-state index in [1.807, 2.05) is 0 Å². The maximum atomic E-state index is 15.0. The SMILES string of the molecule is CC1(P(=O)(c2ccccc2)c2ccccc2)CCC2N=C(c3c(F)c(F)c(F)c(F)c3C#N)ON21. The van der Waals surface area contributed by atoms with Crippen molar-refractivity contribution in [3.8, 4) is 6.07 Å². The van der Waals surface area contributed by atoms with Gasteiger partial charge in [0.1, 0.15) is 23.1 Å². The van der Waals surface area contributed by atoms with E-state index in [4.69, 9.17) is 4.84 Å². The van der Waals surface area contributed by atoms with Crippen LogP contribution in [0.5, 0.6) is 0 Å². The molecule has 0 N–H and O–H groups in total. The Morgan fingerprint density at radius 1 is 0.971 bits per heavy atom. The summed E-state index contributed by atoms with van der Waals surface area (Å²) in [5.74, 6) is -8.35. The molecule has 0 spiro atoms.